The van der Waals surface area contributed by atoms with Crippen LogP contribution >= 0.6 is 12.4 Å². The van der Waals surface area contributed by atoms with Gasteiger partial charge in [0.05, 0.1) is 10.6 Å². The lowest BCUT2D eigenvalue weighted by Gasteiger charge is -2.19. The van der Waals surface area contributed by atoms with Gasteiger partial charge < -0.3 is 10.1 Å². The maximum absolute atomic E-state index is 11.1. The molecule has 0 radical (unpaired) electrons. The highest BCUT2D eigenvalue weighted by molar-refractivity contribution is 5.96. The second-order valence-electron chi connectivity index (χ2n) is 2.74. The lowest BCUT2D eigenvalue weighted by atomic mass is 10.2. The highest BCUT2D eigenvalue weighted by Crippen LogP contribution is 2.28. The van der Waals surface area contributed by atoms with Crippen molar-refractivity contribution in [1.82, 2.24) is 0 Å². The number of hydrogen-bond donors (Lipinski definition) is 1. The molecule has 15 heavy (non-hydrogen) atoms. The molecule has 0 aliphatic carbocycles. The molecule has 1 aliphatic rings. The molecule has 6 nitrogen and oxygen atoms in total. The Hall–Kier alpha value is -1.82. The van der Waals surface area contributed by atoms with Crippen LogP contribution in [-0.4, -0.2) is 17.1 Å². The van der Waals surface area contributed by atoms with E-state index in [-0.39, 0.29) is 12.4 Å². The average molecular weight is 231 g/mol. The van der Waals surface area contributed by atoms with E-state index in [1.54, 1.807) is 24.3 Å². The number of para-hydroxylation sites is 2. The minimum atomic E-state index is -1.65. The Kier molecular flexibility index (Phi) is 3.11. The minimum Gasteiger partial charge on any atom is -0.421 e. The van der Waals surface area contributed by atoms with Crippen molar-refractivity contribution >= 4 is 24.0 Å². The first kappa shape index (κ1) is 11.3. The van der Waals surface area contributed by atoms with Gasteiger partial charge in [-0.3, -0.25) is 14.9 Å². The highest BCUT2D eigenvalue weighted by atomic mass is 35.5. The van der Waals surface area contributed by atoms with Crippen molar-refractivity contribution in [2.75, 3.05) is 5.32 Å². The Morgan fingerprint density at radius 3 is 2.73 bits per heavy atom. The molecule has 0 saturated carbocycles. The number of nitrogens with one attached hydrogen (secondary N) is 1. The third-order valence-electron chi connectivity index (χ3n) is 1.80. The van der Waals surface area contributed by atoms with Gasteiger partial charge in [-0.05, 0) is 12.1 Å². The number of fused-ring (bicyclic) bond motifs is 1. The van der Waals surface area contributed by atoms with Gasteiger partial charge in [0.25, 0.3) is 0 Å². The summed E-state index contributed by atoms with van der Waals surface area (Å²) in [5, 5.41) is 12.8. The largest absolute Gasteiger partial charge is 0.433 e. The third kappa shape index (κ3) is 1.99. The number of rotatable bonds is 1. The summed E-state index contributed by atoms with van der Waals surface area (Å²) in [7, 11) is 0. The van der Waals surface area contributed by atoms with Gasteiger partial charge >= 0.3 is 12.1 Å². The molecule has 1 aliphatic heterocycles. The topological polar surface area (TPSA) is 81.5 Å². The number of anilines is 1. The summed E-state index contributed by atoms with van der Waals surface area (Å²) in [6.07, 6.45) is -1.65. The molecule has 1 aromatic rings. The Balaban J connectivity index is 0.00000112. The van der Waals surface area contributed by atoms with Gasteiger partial charge in [0.1, 0.15) is 0 Å². The van der Waals surface area contributed by atoms with Crippen molar-refractivity contribution in [2.45, 2.75) is 6.23 Å². The third-order valence-corrected chi connectivity index (χ3v) is 1.80. The molecule has 1 unspecified atom stereocenters. The summed E-state index contributed by atoms with van der Waals surface area (Å²) in [4.78, 5) is 20.7. The zero-order valence-electron chi connectivity index (χ0n) is 7.38. The van der Waals surface area contributed by atoms with Gasteiger partial charge in [-0.2, -0.15) is 0 Å². The van der Waals surface area contributed by atoms with E-state index in [4.69, 9.17) is 4.74 Å². The summed E-state index contributed by atoms with van der Waals surface area (Å²) < 4.78 is 4.89. The maximum atomic E-state index is 11.1. The number of nitro groups is 1. The van der Waals surface area contributed by atoms with Crippen LogP contribution in [0.3, 0.4) is 0 Å². The molecule has 0 saturated heterocycles. The summed E-state index contributed by atoms with van der Waals surface area (Å²) in [5.41, 5.74) is 0.454. The van der Waals surface area contributed by atoms with Gasteiger partial charge in [-0.15, -0.1) is 12.4 Å². The zero-order valence-corrected chi connectivity index (χ0v) is 8.19. The summed E-state index contributed by atoms with van der Waals surface area (Å²) in [5.74, 6) is -0.442. The maximum Gasteiger partial charge on any atom is 0.433 e. The van der Waals surface area contributed by atoms with Gasteiger partial charge in [-0.1, -0.05) is 12.1 Å². The lowest BCUT2D eigenvalue weighted by Crippen LogP contribution is -2.42. The number of carbonyl (C=O) groups excluding carboxylic acids is 1. The number of hydrogen-bond acceptors (Lipinski definition) is 4. The predicted octanol–water partition coefficient (Wildman–Crippen LogP) is 1.04. The second-order valence-corrected chi connectivity index (χ2v) is 2.74. The van der Waals surface area contributed by atoms with Crippen LogP contribution in [0.15, 0.2) is 24.3 Å². The summed E-state index contributed by atoms with van der Waals surface area (Å²) in [6, 6.07) is 6.55. The average Bonchev–Trinajstić information content (AvgIpc) is 2.16. The van der Waals surface area contributed by atoms with Gasteiger partial charge in [-0.25, -0.2) is 0 Å². The molecular weight excluding hydrogens is 224 g/mol. The molecule has 1 atom stereocenters. The number of benzene rings is 1. The van der Waals surface area contributed by atoms with E-state index in [1.807, 2.05) is 0 Å². The number of carbonyl (C=O) groups is 1. The fourth-order valence-electron chi connectivity index (χ4n) is 1.18. The van der Waals surface area contributed by atoms with Gasteiger partial charge in [0.2, 0.25) is 0 Å². The van der Waals surface area contributed by atoms with Crippen molar-refractivity contribution in [2.24, 2.45) is 0 Å². The zero-order chi connectivity index (χ0) is 10.1. The Morgan fingerprint density at radius 1 is 1.40 bits per heavy atom. The first-order valence-electron chi connectivity index (χ1n) is 3.88. The summed E-state index contributed by atoms with van der Waals surface area (Å²) >= 11 is 0. The normalized spacial score (nSPS) is 17.9. The van der Waals surface area contributed by atoms with E-state index in [0.29, 0.717) is 11.4 Å². The van der Waals surface area contributed by atoms with E-state index in [2.05, 4.69) is 5.32 Å². The SMILES string of the molecule is Cl.O=C1Nc2ccccc2OC1[N+](=O)[O-]. The first-order valence-corrected chi connectivity index (χ1v) is 3.88. The summed E-state index contributed by atoms with van der Waals surface area (Å²) in [6.45, 7) is 0. The predicted molar refractivity (Wildman–Crippen MR) is 53.7 cm³/mol. The van der Waals surface area contributed by atoms with Crippen LogP contribution in [0.2, 0.25) is 0 Å². The van der Waals surface area contributed by atoms with Gasteiger partial charge in [0.15, 0.2) is 5.75 Å². The van der Waals surface area contributed by atoms with Crippen LogP contribution in [0.1, 0.15) is 0 Å². The highest BCUT2D eigenvalue weighted by Gasteiger charge is 2.36. The molecule has 2 rings (SSSR count). The fraction of sp³-hybridized carbons (Fsp3) is 0.125. The number of halogens is 1. The minimum absolute atomic E-state index is 0. The van der Waals surface area contributed by atoms with Gasteiger partial charge in [0, 0.05) is 0 Å². The molecule has 1 N–H and O–H groups in total. The number of ether oxygens (including phenoxy) is 1. The molecule has 0 fully saturated rings. The van der Waals surface area contributed by atoms with Crippen molar-refractivity contribution in [3.05, 3.63) is 34.4 Å². The van der Waals surface area contributed by atoms with E-state index < -0.39 is 17.1 Å². The quantitative estimate of drug-likeness (QED) is 0.577. The molecule has 0 aromatic heterocycles. The van der Waals surface area contributed by atoms with Crippen molar-refractivity contribution in [3.63, 3.8) is 0 Å². The Morgan fingerprint density at radius 2 is 2.07 bits per heavy atom. The second kappa shape index (κ2) is 4.14. The van der Waals surface area contributed by atoms with E-state index in [9.17, 15) is 14.9 Å². The van der Waals surface area contributed by atoms with Crippen LogP contribution < -0.4 is 10.1 Å². The molecule has 1 heterocycles. The molecule has 1 amide bonds. The smallest absolute Gasteiger partial charge is 0.421 e. The lowest BCUT2D eigenvalue weighted by molar-refractivity contribution is -0.545. The molecule has 80 valence electrons. The van der Waals surface area contributed by atoms with Crippen LogP contribution in [0, 0.1) is 10.1 Å². The van der Waals surface area contributed by atoms with Crippen LogP contribution in [-0.2, 0) is 4.79 Å². The Bertz CT molecular complexity index is 409. The van der Waals surface area contributed by atoms with Crippen molar-refractivity contribution in [3.8, 4) is 5.75 Å². The number of nitrogens with zero attached hydrogens (tertiary/aromatic N) is 1. The van der Waals surface area contributed by atoms with Crippen molar-refractivity contribution in [1.29, 1.82) is 0 Å². The van der Waals surface area contributed by atoms with E-state index in [1.165, 1.54) is 0 Å². The fourth-order valence-corrected chi connectivity index (χ4v) is 1.18. The first-order chi connectivity index (χ1) is 6.68. The Labute approximate surface area is 90.8 Å². The molecule has 0 spiro atoms. The monoisotopic (exact) mass is 230 g/mol. The molecule has 0 bridgehead atoms. The molecule has 1 aromatic carbocycles. The van der Waals surface area contributed by atoms with Crippen molar-refractivity contribution < 1.29 is 14.5 Å². The van der Waals surface area contributed by atoms with Crippen LogP contribution in [0.5, 0.6) is 5.75 Å². The molecular formula is C8H7ClN2O4. The van der Waals surface area contributed by atoms with Crippen LogP contribution in [0.4, 0.5) is 5.69 Å². The number of amides is 1. The standard InChI is InChI=1S/C8H6N2O4.ClH/c11-7-8(10(12)13)14-6-4-2-1-3-5(6)9-7;/h1-4,8H,(H,9,11);1H. The molecule has 7 heteroatoms. The van der Waals surface area contributed by atoms with Crippen LogP contribution in [0.25, 0.3) is 0 Å². The van der Waals surface area contributed by atoms with E-state index >= 15 is 0 Å². The van der Waals surface area contributed by atoms with E-state index in [0.717, 1.165) is 0 Å².